The third-order valence-corrected chi connectivity index (χ3v) is 4.13. The molecular weight excluding hydrogens is 430 g/mol. The van der Waals surface area contributed by atoms with Crippen LogP contribution in [0.15, 0.2) is 0 Å². The van der Waals surface area contributed by atoms with Crippen LogP contribution < -0.4 is 0 Å². The molecule has 12 nitrogen and oxygen atoms in total. The molecule has 1 aliphatic heterocycles. The van der Waals surface area contributed by atoms with Gasteiger partial charge in [0.2, 0.25) is 5.91 Å². The van der Waals surface area contributed by atoms with Gasteiger partial charge in [-0.25, -0.2) is 9.69 Å². The number of methoxy groups -OCH3 is 1. The maximum Gasteiger partial charge on any atom is 0.417 e. The number of carbonyl (C=O) groups is 5. The highest BCUT2D eigenvalue weighted by Crippen LogP contribution is 2.31. The summed E-state index contributed by atoms with van der Waals surface area (Å²) < 4.78 is 32.1. The van der Waals surface area contributed by atoms with Crippen molar-refractivity contribution in [2.75, 3.05) is 13.7 Å². The van der Waals surface area contributed by atoms with E-state index in [4.69, 9.17) is 28.4 Å². The normalized spacial score (nSPS) is 25.3. The molecule has 5 atom stereocenters. The van der Waals surface area contributed by atoms with E-state index in [-0.39, 0.29) is 6.61 Å². The van der Waals surface area contributed by atoms with Crippen molar-refractivity contribution < 1.29 is 52.4 Å². The molecule has 1 rings (SSSR count). The quantitative estimate of drug-likeness (QED) is 0.411. The van der Waals surface area contributed by atoms with Gasteiger partial charge < -0.3 is 28.4 Å². The molecule has 0 aliphatic carbocycles. The molecule has 1 saturated heterocycles. The smallest absolute Gasteiger partial charge is 0.417 e. The van der Waals surface area contributed by atoms with Gasteiger partial charge in [-0.2, -0.15) is 0 Å². The van der Waals surface area contributed by atoms with Gasteiger partial charge in [0.05, 0.1) is 0 Å². The molecule has 1 heterocycles. The predicted molar refractivity (Wildman–Crippen MR) is 106 cm³/mol. The molecular formula is C20H31NO11. The summed E-state index contributed by atoms with van der Waals surface area (Å²) in [6.45, 7) is 8.94. The first kappa shape index (κ1) is 27.3. The number of imide groups is 1. The van der Waals surface area contributed by atoms with E-state index in [0.29, 0.717) is 4.90 Å². The molecule has 0 bridgehead atoms. The van der Waals surface area contributed by atoms with Crippen LogP contribution in [0, 0.1) is 0 Å². The zero-order valence-corrected chi connectivity index (χ0v) is 19.5. The first-order valence-electron chi connectivity index (χ1n) is 9.86. The number of hydrogen-bond donors (Lipinski definition) is 0. The fourth-order valence-corrected chi connectivity index (χ4v) is 3.12. The molecule has 0 N–H and O–H groups in total. The third-order valence-electron chi connectivity index (χ3n) is 4.13. The lowest BCUT2D eigenvalue weighted by Crippen LogP contribution is -2.68. The first-order valence-corrected chi connectivity index (χ1v) is 9.86. The zero-order chi connectivity index (χ0) is 24.8. The number of amides is 2. The molecule has 2 amide bonds. The van der Waals surface area contributed by atoms with Crippen LogP contribution in [0.4, 0.5) is 4.79 Å². The van der Waals surface area contributed by atoms with E-state index in [1.54, 1.807) is 20.8 Å². The number of ether oxygens (including phenoxy) is 6. The van der Waals surface area contributed by atoms with E-state index in [1.807, 2.05) is 0 Å². The Bertz CT molecular complexity index is 730. The largest absolute Gasteiger partial charge is 0.463 e. The van der Waals surface area contributed by atoms with Gasteiger partial charge in [-0.3, -0.25) is 19.2 Å². The lowest BCUT2D eigenvalue weighted by Gasteiger charge is -2.47. The summed E-state index contributed by atoms with van der Waals surface area (Å²) in [5.74, 6) is -2.93. The molecule has 0 aromatic carbocycles. The van der Waals surface area contributed by atoms with Gasteiger partial charge >= 0.3 is 24.0 Å². The fourth-order valence-electron chi connectivity index (χ4n) is 3.12. The second-order valence-corrected chi connectivity index (χ2v) is 8.09. The fraction of sp³-hybridized carbons (Fsp3) is 0.750. The molecule has 0 unspecified atom stereocenters. The van der Waals surface area contributed by atoms with Crippen molar-refractivity contribution in [3.8, 4) is 0 Å². The minimum absolute atomic E-state index is 0.371. The predicted octanol–water partition coefficient (Wildman–Crippen LogP) is 0.936. The topological polar surface area (TPSA) is 144 Å². The van der Waals surface area contributed by atoms with Crippen molar-refractivity contribution >= 4 is 29.9 Å². The average molecular weight is 461 g/mol. The van der Waals surface area contributed by atoms with Gasteiger partial charge in [-0.1, -0.05) is 0 Å². The number of carbonyl (C=O) groups excluding carboxylic acids is 5. The molecule has 0 aromatic heterocycles. The maximum absolute atomic E-state index is 12.9. The van der Waals surface area contributed by atoms with E-state index < -0.39 is 66.2 Å². The Morgan fingerprint density at radius 2 is 1.41 bits per heavy atom. The van der Waals surface area contributed by atoms with E-state index in [2.05, 4.69) is 0 Å². The SMILES string of the molecule is CO[C@H]1O[C@H](COC(C)=O)[C@@H](OC(C)=O)[C@H](OC(C)=O)[C@H]1N(C(C)=O)C(=O)OC(C)(C)C. The lowest BCUT2D eigenvalue weighted by molar-refractivity contribution is -0.282. The molecule has 12 heteroatoms. The molecule has 0 saturated carbocycles. The molecule has 0 radical (unpaired) electrons. The monoisotopic (exact) mass is 461 g/mol. The number of esters is 3. The highest BCUT2D eigenvalue weighted by molar-refractivity contribution is 5.91. The standard InChI is InChI=1S/C20H31NO11/c1-10(22)21(19(26)32-20(5,6)7)15-17(30-13(4)25)16(29-12(3)24)14(9-28-11(2)23)31-18(15)27-8/h14-18H,9H2,1-8H3/t14-,15-,16-,17-,18+/m1/s1. The Morgan fingerprint density at radius 3 is 1.81 bits per heavy atom. The summed E-state index contributed by atoms with van der Waals surface area (Å²) in [6.07, 6.45) is -6.25. The van der Waals surface area contributed by atoms with Gasteiger partial charge in [-0.05, 0) is 20.8 Å². The summed E-state index contributed by atoms with van der Waals surface area (Å²) >= 11 is 0. The van der Waals surface area contributed by atoms with E-state index >= 15 is 0 Å². The minimum Gasteiger partial charge on any atom is -0.463 e. The van der Waals surface area contributed by atoms with Crippen LogP contribution in [0.1, 0.15) is 48.5 Å². The van der Waals surface area contributed by atoms with Gasteiger partial charge in [0, 0.05) is 34.8 Å². The second kappa shape index (κ2) is 11.2. The highest BCUT2D eigenvalue weighted by Gasteiger charge is 2.55. The third kappa shape index (κ3) is 7.75. The molecule has 1 fully saturated rings. The Labute approximate surface area is 186 Å². The molecule has 0 spiro atoms. The second-order valence-electron chi connectivity index (χ2n) is 8.09. The molecule has 0 aromatic rings. The van der Waals surface area contributed by atoms with Crippen molar-refractivity contribution in [1.82, 2.24) is 4.90 Å². The van der Waals surface area contributed by atoms with Gasteiger partial charge in [0.1, 0.15) is 24.4 Å². The Balaban J connectivity index is 3.53. The number of nitrogens with zero attached hydrogens (tertiary/aromatic N) is 1. The highest BCUT2D eigenvalue weighted by atomic mass is 16.7. The number of rotatable bonds is 6. The maximum atomic E-state index is 12.9. The van der Waals surface area contributed by atoms with Crippen LogP contribution in [0.2, 0.25) is 0 Å². The van der Waals surface area contributed by atoms with Crippen LogP contribution >= 0.6 is 0 Å². The summed E-state index contributed by atoms with van der Waals surface area (Å²) in [5, 5.41) is 0. The van der Waals surface area contributed by atoms with Crippen LogP contribution in [-0.4, -0.2) is 84.8 Å². The van der Waals surface area contributed by atoms with Gasteiger partial charge in [-0.15, -0.1) is 0 Å². The van der Waals surface area contributed by atoms with Crippen LogP contribution in [-0.2, 0) is 47.6 Å². The van der Waals surface area contributed by atoms with Crippen molar-refractivity contribution in [2.45, 2.75) is 84.7 Å². The van der Waals surface area contributed by atoms with Crippen LogP contribution in [0.5, 0.6) is 0 Å². The average Bonchev–Trinajstić information content (AvgIpc) is 2.60. The van der Waals surface area contributed by atoms with E-state index in [0.717, 1.165) is 20.8 Å². The summed E-state index contributed by atoms with van der Waals surface area (Å²) in [6, 6.07) is -1.38. The zero-order valence-electron chi connectivity index (χ0n) is 19.5. The summed E-state index contributed by atoms with van der Waals surface area (Å²) in [7, 11) is 1.24. The van der Waals surface area contributed by atoms with Crippen molar-refractivity contribution in [3.63, 3.8) is 0 Å². The van der Waals surface area contributed by atoms with E-state index in [1.165, 1.54) is 14.0 Å². The van der Waals surface area contributed by atoms with Gasteiger partial charge in [0.25, 0.3) is 0 Å². The summed E-state index contributed by atoms with van der Waals surface area (Å²) in [5.41, 5.74) is -0.951. The van der Waals surface area contributed by atoms with Crippen molar-refractivity contribution in [1.29, 1.82) is 0 Å². The van der Waals surface area contributed by atoms with Gasteiger partial charge in [0.15, 0.2) is 18.5 Å². The minimum atomic E-state index is -1.41. The van der Waals surface area contributed by atoms with E-state index in [9.17, 15) is 24.0 Å². The summed E-state index contributed by atoms with van der Waals surface area (Å²) in [4.78, 5) is 61.0. The van der Waals surface area contributed by atoms with Crippen LogP contribution in [0.25, 0.3) is 0 Å². The van der Waals surface area contributed by atoms with Crippen LogP contribution in [0.3, 0.4) is 0 Å². The molecule has 1 aliphatic rings. The van der Waals surface area contributed by atoms with Crippen molar-refractivity contribution in [2.24, 2.45) is 0 Å². The molecule has 182 valence electrons. The lowest BCUT2D eigenvalue weighted by atomic mass is 9.95. The molecule has 32 heavy (non-hydrogen) atoms. The van der Waals surface area contributed by atoms with Crippen molar-refractivity contribution in [3.05, 3.63) is 0 Å². The Hall–Kier alpha value is -2.73. The Morgan fingerprint density at radius 1 is 0.875 bits per heavy atom. The number of hydrogen-bond acceptors (Lipinski definition) is 11. The Kier molecular flexibility index (Phi) is 9.58. The first-order chi connectivity index (χ1) is 14.7.